The zero-order valence-corrected chi connectivity index (χ0v) is 28.6. The van der Waals surface area contributed by atoms with Crippen LogP contribution in [0.5, 0.6) is 17.2 Å². The number of nitriles is 1. The summed E-state index contributed by atoms with van der Waals surface area (Å²) in [7, 11) is 0. The van der Waals surface area contributed by atoms with Crippen molar-refractivity contribution in [1.29, 1.82) is 5.26 Å². The lowest BCUT2D eigenvalue weighted by molar-refractivity contribution is -0.140. The molecule has 258 valence electrons. The lowest BCUT2D eigenvalue weighted by atomic mass is 9.93. The first-order chi connectivity index (χ1) is 24.2. The molecule has 1 unspecified atom stereocenters. The van der Waals surface area contributed by atoms with Crippen molar-refractivity contribution in [1.82, 2.24) is 25.3 Å². The number of nitrogens with one attached hydrogen (secondary N) is 1. The van der Waals surface area contributed by atoms with Gasteiger partial charge in [-0.3, -0.25) is 15.1 Å². The van der Waals surface area contributed by atoms with E-state index in [1.165, 1.54) is 6.20 Å². The molecular formula is C37H37ClN6O6. The van der Waals surface area contributed by atoms with Gasteiger partial charge in [0.05, 0.1) is 29.4 Å². The van der Waals surface area contributed by atoms with E-state index in [2.05, 4.69) is 45.7 Å². The molecule has 0 radical (unpaired) electrons. The van der Waals surface area contributed by atoms with E-state index in [9.17, 15) is 9.90 Å². The number of aryl methyl sites for hydroxylation is 1. The Balaban J connectivity index is 1.22. The third-order valence-corrected chi connectivity index (χ3v) is 8.42. The highest BCUT2D eigenvalue weighted by Gasteiger charge is 2.17. The number of halogens is 1. The van der Waals surface area contributed by atoms with Gasteiger partial charge in [-0.1, -0.05) is 47.1 Å². The highest BCUT2D eigenvalue weighted by Crippen LogP contribution is 2.36. The maximum atomic E-state index is 11.1. The average Bonchev–Trinajstić information content (AvgIpc) is 3.56. The molecule has 3 aromatic carbocycles. The standard InChI is InChI=1S/C37H37ClN6O6/c1-23-12-32(38)36(14-35(23)49-21-27-13-26(15-39)16-40-17-27)50-22-28-6-4-7-30(24(28)2)31-8-5-9-34(25(31)3)48-11-10-44-19-29(42-43-44)18-41-33(20-45)37(46)47/h4-9,12-14,16-17,19,33,41,45H,10-11,18,20-22H2,1-3H3,(H,46,47). The fraction of sp³-hybridized carbons (Fsp3) is 0.270. The number of hydrogen-bond donors (Lipinski definition) is 3. The number of hydrogen-bond acceptors (Lipinski definition) is 10. The van der Waals surface area contributed by atoms with Crippen molar-refractivity contribution in [3.63, 3.8) is 0 Å². The lowest BCUT2D eigenvalue weighted by Crippen LogP contribution is -2.39. The van der Waals surface area contributed by atoms with E-state index in [0.29, 0.717) is 40.9 Å². The largest absolute Gasteiger partial charge is 0.491 e. The zero-order chi connectivity index (χ0) is 35.6. The summed E-state index contributed by atoms with van der Waals surface area (Å²) in [5, 5.41) is 38.7. The smallest absolute Gasteiger partial charge is 0.323 e. The third kappa shape index (κ3) is 8.95. The van der Waals surface area contributed by atoms with Crippen molar-refractivity contribution in [2.75, 3.05) is 13.2 Å². The Labute approximate surface area is 294 Å². The van der Waals surface area contributed by atoms with Gasteiger partial charge < -0.3 is 24.4 Å². The van der Waals surface area contributed by atoms with Crippen LogP contribution in [0.1, 0.15) is 39.1 Å². The number of carbonyl (C=O) groups is 1. The zero-order valence-electron chi connectivity index (χ0n) is 27.9. The van der Waals surface area contributed by atoms with E-state index in [-0.39, 0.29) is 19.8 Å². The lowest BCUT2D eigenvalue weighted by Gasteiger charge is -2.17. The number of pyridine rings is 1. The van der Waals surface area contributed by atoms with Crippen LogP contribution < -0.4 is 19.5 Å². The minimum absolute atomic E-state index is 0.162. The van der Waals surface area contributed by atoms with Crippen molar-refractivity contribution in [3.8, 4) is 34.4 Å². The number of carboxylic acid groups (broad SMARTS) is 1. The number of aliphatic hydroxyl groups excluding tert-OH is 1. The van der Waals surface area contributed by atoms with Crippen LogP contribution in [-0.4, -0.2) is 55.4 Å². The topological polar surface area (TPSA) is 165 Å². The SMILES string of the molecule is Cc1cc(Cl)c(OCc2cccc(-c3cccc(OCCn4cc(CNC(CO)C(=O)O)nn4)c3C)c2C)cc1OCc1cncc(C#N)c1. The normalized spacial score (nSPS) is 11.5. The first kappa shape index (κ1) is 35.8. The molecule has 0 saturated carbocycles. The van der Waals surface area contributed by atoms with Crippen LogP contribution in [0, 0.1) is 32.1 Å². The Morgan fingerprint density at radius 3 is 2.50 bits per heavy atom. The molecule has 2 heterocycles. The summed E-state index contributed by atoms with van der Waals surface area (Å²) in [4.78, 5) is 15.2. The molecular weight excluding hydrogens is 660 g/mol. The quantitative estimate of drug-likeness (QED) is 0.118. The number of aliphatic carboxylic acids is 1. The van der Waals surface area contributed by atoms with Crippen LogP contribution >= 0.6 is 11.6 Å². The maximum Gasteiger partial charge on any atom is 0.323 e. The van der Waals surface area contributed by atoms with Gasteiger partial charge in [0.1, 0.15) is 49.2 Å². The second kappa shape index (κ2) is 16.8. The summed E-state index contributed by atoms with van der Waals surface area (Å²) >= 11 is 6.57. The molecule has 0 fully saturated rings. The van der Waals surface area contributed by atoms with E-state index in [0.717, 1.165) is 44.7 Å². The second-order valence-electron chi connectivity index (χ2n) is 11.6. The summed E-state index contributed by atoms with van der Waals surface area (Å²) in [5.41, 5.74) is 7.79. The number of benzene rings is 3. The molecule has 0 saturated heterocycles. The van der Waals surface area contributed by atoms with E-state index in [4.69, 9.17) is 36.2 Å². The number of rotatable bonds is 16. The fourth-order valence-electron chi connectivity index (χ4n) is 5.27. The first-order valence-electron chi connectivity index (χ1n) is 15.8. The third-order valence-electron chi connectivity index (χ3n) is 8.13. The van der Waals surface area contributed by atoms with Crippen LogP contribution in [0.2, 0.25) is 5.02 Å². The van der Waals surface area contributed by atoms with Gasteiger partial charge in [0, 0.05) is 36.8 Å². The minimum atomic E-state index is -1.13. The Hall–Kier alpha value is -5.48. The van der Waals surface area contributed by atoms with E-state index >= 15 is 0 Å². The van der Waals surface area contributed by atoms with Crippen molar-refractivity contribution in [2.45, 2.75) is 53.1 Å². The van der Waals surface area contributed by atoms with Crippen molar-refractivity contribution < 1.29 is 29.2 Å². The van der Waals surface area contributed by atoms with Gasteiger partial charge in [-0.25, -0.2) is 4.68 Å². The summed E-state index contributed by atoms with van der Waals surface area (Å²) < 4.78 is 20.0. The summed E-state index contributed by atoms with van der Waals surface area (Å²) in [5.74, 6) is 0.729. The Kier molecular flexibility index (Phi) is 12.0. The molecule has 13 heteroatoms. The molecule has 12 nitrogen and oxygen atoms in total. The number of aromatic nitrogens is 4. The molecule has 5 aromatic rings. The molecule has 0 amide bonds. The van der Waals surface area contributed by atoms with Crippen molar-refractivity contribution >= 4 is 17.6 Å². The number of ether oxygens (including phenoxy) is 3. The van der Waals surface area contributed by atoms with Gasteiger partial charge in [0.2, 0.25) is 0 Å². The van der Waals surface area contributed by atoms with Gasteiger partial charge >= 0.3 is 5.97 Å². The predicted molar refractivity (Wildman–Crippen MR) is 186 cm³/mol. The monoisotopic (exact) mass is 696 g/mol. The maximum absolute atomic E-state index is 11.1. The number of carboxylic acids is 1. The number of nitrogens with zero attached hydrogens (tertiary/aromatic N) is 5. The van der Waals surface area contributed by atoms with Crippen LogP contribution in [0.4, 0.5) is 0 Å². The number of aliphatic hydroxyl groups is 1. The molecule has 0 bridgehead atoms. The molecule has 5 rings (SSSR count). The molecule has 50 heavy (non-hydrogen) atoms. The summed E-state index contributed by atoms with van der Waals surface area (Å²) in [6.45, 7) is 6.94. The Bertz CT molecular complexity index is 2010. The van der Waals surface area contributed by atoms with Crippen molar-refractivity contribution in [3.05, 3.63) is 117 Å². The van der Waals surface area contributed by atoms with E-state index in [1.54, 1.807) is 29.2 Å². The van der Waals surface area contributed by atoms with Gasteiger partial charge in [0.15, 0.2) is 0 Å². The first-order valence-corrected chi connectivity index (χ1v) is 16.2. The highest BCUT2D eigenvalue weighted by molar-refractivity contribution is 6.32. The molecule has 3 N–H and O–H groups in total. The van der Waals surface area contributed by atoms with E-state index in [1.807, 2.05) is 44.2 Å². The fourth-order valence-corrected chi connectivity index (χ4v) is 5.55. The summed E-state index contributed by atoms with van der Waals surface area (Å²) in [6.07, 6.45) is 4.88. The summed E-state index contributed by atoms with van der Waals surface area (Å²) in [6, 6.07) is 18.4. The molecule has 0 aliphatic carbocycles. The average molecular weight is 697 g/mol. The van der Waals surface area contributed by atoms with Gasteiger partial charge in [-0.15, -0.1) is 5.10 Å². The second-order valence-corrected chi connectivity index (χ2v) is 12.0. The van der Waals surface area contributed by atoms with Gasteiger partial charge in [0.25, 0.3) is 0 Å². The van der Waals surface area contributed by atoms with Gasteiger partial charge in [-0.2, -0.15) is 5.26 Å². The van der Waals surface area contributed by atoms with Gasteiger partial charge in [-0.05, 0) is 72.4 Å². The highest BCUT2D eigenvalue weighted by atomic mass is 35.5. The molecule has 0 aliphatic heterocycles. The minimum Gasteiger partial charge on any atom is -0.491 e. The Morgan fingerprint density at radius 1 is 0.980 bits per heavy atom. The molecule has 0 aliphatic rings. The van der Waals surface area contributed by atoms with Crippen LogP contribution in [0.15, 0.2) is 73.2 Å². The van der Waals surface area contributed by atoms with E-state index < -0.39 is 18.6 Å². The molecule has 0 spiro atoms. The molecule has 2 aromatic heterocycles. The Morgan fingerprint density at radius 2 is 1.74 bits per heavy atom. The van der Waals surface area contributed by atoms with Crippen molar-refractivity contribution in [2.24, 2.45) is 0 Å². The van der Waals surface area contributed by atoms with Crippen LogP contribution in [0.25, 0.3) is 11.1 Å². The van der Waals surface area contributed by atoms with Crippen LogP contribution in [-0.2, 0) is 31.1 Å². The van der Waals surface area contributed by atoms with Crippen LogP contribution in [0.3, 0.4) is 0 Å². The molecule has 1 atom stereocenters. The predicted octanol–water partition coefficient (Wildman–Crippen LogP) is 5.56.